The number of amides is 1. The van der Waals surface area contributed by atoms with Crippen LogP contribution in [-0.2, 0) is 17.6 Å². The molecule has 27 heavy (non-hydrogen) atoms. The lowest BCUT2D eigenvalue weighted by molar-refractivity contribution is -0.114. The summed E-state index contributed by atoms with van der Waals surface area (Å²) >= 11 is 1.76. The fourth-order valence-electron chi connectivity index (χ4n) is 2.44. The van der Waals surface area contributed by atoms with Gasteiger partial charge in [0.25, 0.3) is 0 Å². The summed E-state index contributed by atoms with van der Waals surface area (Å²) in [6.45, 7) is 7.25. The fourth-order valence-corrected chi connectivity index (χ4v) is 3.37. The van der Waals surface area contributed by atoms with Crippen molar-refractivity contribution in [2.24, 2.45) is 4.99 Å². The highest BCUT2D eigenvalue weighted by atomic mass is 127. The van der Waals surface area contributed by atoms with Crippen LogP contribution in [0.3, 0.4) is 0 Å². The Morgan fingerprint density at radius 2 is 1.74 bits per heavy atom. The van der Waals surface area contributed by atoms with E-state index in [4.69, 9.17) is 0 Å². The number of carbonyl (C=O) groups is 1. The first-order valence-corrected chi connectivity index (χ1v) is 9.53. The van der Waals surface area contributed by atoms with Crippen molar-refractivity contribution in [3.8, 4) is 0 Å². The molecule has 3 N–H and O–H groups in total. The molecule has 1 heterocycles. The summed E-state index contributed by atoms with van der Waals surface area (Å²) in [7, 11) is 1.77. The second kappa shape index (κ2) is 11.9. The zero-order valence-electron chi connectivity index (χ0n) is 16.3. The fraction of sp³-hybridized carbons (Fsp3) is 0.421. The number of halogens is 1. The first-order chi connectivity index (χ1) is 12.5. The molecular formula is C19H28IN5OS. The number of benzene rings is 1. The maximum atomic E-state index is 11.0. The maximum absolute atomic E-state index is 11.0. The summed E-state index contributed by atoms with van der Waals surface area (Å²) < 4.78 is 0. The summed E-state index contributed by atoms with van der Waals surface area (Å²) in [5, 5.41) is 10.6. The third-order valence-corrected chi connectivity index (χ3v) is 5.04. The van der Waals surface area contributed by atoms with Crippen LogP contribution in [0, 0.1) is 13.8 Å². The Kier molecular flexibility index (Phi) is 10.3. The number of guanidine groups is 1. The molecule has 0 radical (unpaired) electrons. The largest absolute Gasteiger partial charge is 0.356 e. The van der Waals surface area contributed by atoms with Gasteiger partial charge in [-0.3, -0.25) is 9.79 Å². The Morgan fingerprint density at radius 1 is 1.11 bits per heavy atom. The van der Waals surface area contributed by atoms with Gasteiger partial charge in [0.1, 0.15) is 0 Å². The highest BCUT2D eigenvalue weighted by Crippen LogP contribution is 2.16. The lowest BCUT2D eigenvalue weighted by Gasteiger charge is -2.11. The van der Waals surface area contributed by atoms with E-state index >= 15 is 0 Å². The monoisotopic (exact) mass is 501 g/mol. The molecule has 0 unspecified atom stereocenters. The lowest BCUT2D eigenvalue weighted by atomic mass is 10.1. The molecule has 0 spiro atoms. The molecule has 1 aromatic carbocycles. The van der Waals surface area contributed by atoms with Gasteiger partial charge in [-0.15, -0.1) is 35.3 Å². The summed E-state index contributed by atoms with van der Waals surface area (Å²) in [4.78, 5) is 21.1. The van der Waals surface area contributed by atoms with E-state index in [-0.39, 0.29) is 29.9 Å². The summed E-state index contributed by atoms with van der Waals surface area (Å²) in [5.74, 6) is 0.738. The van der Waals surface area contributed by atoms with Crippen molar-refractivity contribution in [3.63, 3.8) is 0 Å². The van der Waals surface area contributed by atoms with Gasteiger partial charge in [-0.05, 0) is 38.0 Å². The van der Waals surface area contributed by atoms with Crippen molar-refractivity contribution in [3.05, 3.63) is 45.4 Å². The second-order valence-corrected chi connectivity index (χ2v) is 7.34. The van der Waals surface area contributed by atoms with Crippen LogP contribution >= 0.6 is 35.3 Å². The normalized spacial score (nSPS) is 10.9. The van der Waals surface area contributed by atoms with Gasteiger partial charge in [0, 0.05) is 44.0 Å². The smallest absolute Gasteiger partial charge is 0.221 e. The molecule has 0 saturated heterocycles. The SMILES string of the molecule is CN=C(NCCc1ccc(NC(C)=O)cc1)NCCc1nc(C)c(C)s1.I. The van der Waals surface area contributed by atoms with Crippen molar-refractivity contribution in [2.45, 2.75) is 33.6 Å². The van der Waals surface area contributed by atoms with Crippen molar-refractivity contribution < 1.29 is 4.79 Å². The molecule has 0 aliphatic carbocycles. The minimum Gasteiger partial charge on any atom is -0.356 e. The Labute approximate surface area is 182 Å². The third kappa shape index (κ3) is 8.25. The second-order valence-electron chi connectivity index (χ2n) is 6.05. The van der Waals surface area contributed by atoms with E-state index in [2.05, 4.69) is 32.9 Å². The van der Waals surface area contributed by atoms with E-state index in [0.29, 0.717) is 0 Å². The first kappa shape index (κ1) is 23.4. The number of nitrogens with one attached hydrogen (secondary N) is 3. The molecular weight excluding hydrogens is 473 g/mol. The minimum atomic E-state index is -0.0580. The number of aliphatic imine (C=N–C) groups is 1. The van der Waals surface area contributed by atoms with Crippen LogP contribution in [0.2, 0.25) is 0 Å². The van der Waals surface area contributed by atoms with Gasteiger partial charge < -0.3 is 16.0 Å². The highest BCUT2D eigenvalue weighted by Gasteiger charge is 2.04. The van der Waals surface area contributed by atoms with Gasteiger partial charge in [0.2, 0.25) is 5.91 Å². The molecule has 0 bridgehead atoms. The van der Waals surface area contributed by atoms with Crippen LogP contribution in [0.4, 0.5) is 5.69 Å². The van der Waals surface area contributed by atoms with Gasteiger partial charge in [0.05, 0.1) is 10.7 Å². The summed E-state index contributed by atoms with van der Waals surface area (Å²) in [5.41, 5.74) is 3.15. The van der Waals surface area contributed by atoms with E-state index in [9.17, 15) is 4.79 Å². The topological polar surface area (TPSA) is 78.4 Å². The number of nitrogens with zero attached hydrogens (tertiary/aromatic N) is 2. The van der Waals surface area contributed by atoms with E-state index in [0.717, 1.165) is 48.3 Å². The quantitative estimate of drug-likeness (QED) is 0.309. The van der Waals surface area contributed by atoms with Crippen LogP contribution in [-0.4, -0.2) is 37.0 Å². The Morgan fingerprint density at radius 3 is 2.26 bits per heavy atom. The summed E-state index contributed by atoms with van der Waals surface area (Å²) in [6, 6.07) is 7.89. The van der Waals surface area contributed by atoms with Crippen molar-refractivity contribution >= 4 is 52.9 Å². The average Bonchev–Trinajstić information content (AvgIpc) is 2.92. The molecule has 0 saturated carbocycles. The molecule has 0 atom stereocenters. The number of aryl methyl sites for hydroxylation is 2. The number of hydrogen-bond acceptors (Lipinski definition) is 4. The van der Waals surface area contributed by atoms with Crippen LogP contribution < -0.4 is 16.0 Å². The van der Waals surface area contributed by atoms with Crippen LogP contribution in [0.15, 0.2) is 29.3 Å². The molecule has 148 valence electrons. The summed E-state index contributed by atoms with van der Waals surface area (Å²) in [6.07, 6.45) is 1.77. The molecule has 8 heteroatoms. The van der Waals surface area contributed by atoms with E-state index in [1.165, 1.54) is 17.4 Å². The van der Waals surface area contributed by atoms with Gasteiger partial charge in [-0.1, -0.05) is 12.1 Å². The zero-order chi connectivity index (χ0) is 18.9. The third-order valence-electron chi connectivity index (χ3n) is 3.91. The van der Waals surface area contributed by atoms with Gasteiger partial charge in [-0.25, -0.2) is 4.98 Å². The number of aromatic nitrogens is 1. The van der Waals surface area contributed by atoms with E-state index in [1.54, 1.807) is 18.4 Å². The van der Waals surface area contributed by atoms with Crippen LogP contribution in [0.1, 0.15) is 28.1 Å². The van der Waals surface area contributed by atoms with Gasteiger partial charge in [-0.2, -0.15) is 0 Å². The highest BCUT2D eigenvalue weighted by molar-refractivity contribution is 14.0. The Bertz CT molecular complexity index is 738. The number of rotatable bonds is 7. The Hall–Kier alpha value is -1.68. The van der Waals surface area contributed by atoms with Crippen molar-refractivity contribution in [2.75, 3.05) is 25.5 Å². The molecule has 2 rings (SSSR count). The standard InChI is InChI=1S/C19H27N5OS.HI/c1-13-14(2)26-18(23-13)10-12-22-19(20-4)21-11-9-16-5-7-17(8-6-16)24-15(3)25;/h5-8H,9-12H2,1-4H3,(H,24,25)(H2,20,21,22);1H. The van der Waals surface area contributed by atoms with Gasteiger partial charge in [0.15, 0.2) is 5.96 Å². The van der Waals surface area contributed by atoms with Crippen molar-refractivity contribution in [1.82, 2.24) is 15.6 Å². The lowest BCUT2D eigenvalue weighted by Crippen LogP contribution is -2.39. The molecule has 6 nitrogen and oxygen atoms in total. The molecule has 1 aromatic heterocycles. The van der Waals surface area contributed by atoms with E-state index in [1.807, 2.05) is 31.2 Å². The maximum Gasteiger partial charge on any atom is 0.221 e. The molecule has 2 aromatic rings. The number of hydrogen-bond donors (Lipinski definition) is 3. The number of anilines is 1. The first-order valence-electron chi connectivity index (χ1n) is 8.72. The van der Waals surface area contributed by atoms with E-state index < -0.39 is 0 Å². The van der Waals surface area contributed by atoms with Crippen LogP contribution in [0.5, 0.6) is 0 Å². The predicted molar refractivity (Wildman–Crippen MR) is 125 cm³/mol. The van der Waals surface area contributed by atoms with Gasteiger partial charge >= 0.3 is 0 Å². The van der Waals surface area contributed by atoms with Crippen molar-refractivity contribution in [1.29, 1.82) is 0 Å². The number of carbonyl (C=O) groups excluding carboxylic acids is 1. The molecule has 0 aliphatic heterocycles. The number of thiazole rings is 1. The Balaban J connectivity index is 0.00000364. The zero-order valence-corrected chi connectivity index (χ0v) is 19.4. The molecule has 0 aliphatic rings. The van der Waals surface area contributed by atoms with Crippen LogP contribution in [0.25, 0.3) is 0 Å². The molecule has 0 fully saturated rings. The molecule has 1 amide bonds. The minimum absolute atomic E-state index is 0. The average molecular weight is 501 g/mol. The predicted octanol–water partition coefficient (Wildman–Crippen LogP) is 3.29.